The number of unbranched alkanes of at least 4 members (excludes halogenated alkanes) is 6. The fraction of sp³-hybridized carbons (Fsp3) is 0.309. The molecule has 2 aromatic heterocycles. The van der Waals surface area contributed by atoms with Crippen LogP contribution in [0.15, 0.2) is 151 Å². The van der Waals surface area contributed by atoms with Crippen molar-refractivity contribution < 1.29 is 29.0 Å². The highest BCUT2D eigenvalue weighted by Crippen LogP contribution is 2.54. The maximum Gasteiger partial charge on any atom is 0.335 e. The molecule has 7 aromatic rings. The number of carbonyl (C=O) groups is 3. The summed E-state index contributed by atoms with van der Waals surface area (Å²) in [4.78, 5) is 50.3. The minimum atomic E-state index is -0.977. The maximum absolute atomic E-state index is 14.5. The molecule has 0 radical (unpaired) electrons. The molecule has 1 saturated carbocycles. The van der Waals surface area contributed by atoms with Crippen LogP contribution in [0.1, 0.15) is 147 Å². The predicted molar refractivity (Wildman–Crippen MR) is 323 cm³/mol. The van der Waals surface area contributed by atoms with Gasteiger partial charge in [0, 0.05) is 46.2 Å². The van der Waals surface area contributed by atoms with Gasteiger partial charge in [-0.05, 0) is 169 Å². The van der Waals surface area contributed by atoms with Crippen LogP contribution in [0.5, 0.6) is 11.5 Å². The van der Waals surface area contributed by atoms with Gasteiger partial charge in [0.2, 0.25) is 0 Å². The van der Waals surface area contributed by atoms with Crippen LogP contribution in [0, 0.1) is 0 Å². The van der Waals surface area contributed by atoms with Gasteiger partial charge in [-0.25, -0.2) is 4.79 Å². The van der Waals surface area contributed by atoms with Gasteiger partial charge in [0.15, 0.2) is 0 Å². The normalized spacial score (nSPS) is 16.5. The number of hydrogen-bond donors (Lipinski definition) is 1. The fourth-order valence-electron chi connectivity index (χ4n) is 12.0. The number of carbonyl (C=O) groups excluding carboxylic acids is 2. The van der Waals surface area contributed by atoms with Crippen LogP contribution in [0.3, 0.4) is 0 Å². The molecule has 1 N–H and O–H groups in total. The Kier molecular flexibility index (Phi) is 16.2. The zero-order valence-electron chi connectivity index (χ0n) is 45.8. The second-order valence-corrected chi connectivity index (χ2v) is 23.2. The average molecular weight is 1090 g/mol. The van der Waals surface area contributed by atoms with E-state index in [9.17, 15) is 19.5 Å². The average Bonchev–Trinajstić information content (AvgIpc) is 4.17. The van der Waals surface area contributed by atoms with Crippen LogP contribution in [0.4, 0.5) is 11.4 Å². The molecule has 5 aromatic carbocycles. The van der Waals surface area contributed by atoms with Crippen LogP contribution in [0.2, 0.25) is 0 Å². The first-order valence-electron chi connectivity index (χ1n) is 28.6. The SMILES string of the molecule is CCCCCCOc1ccc(C(=Cc2ccc(N3c4ccc(-c5ccc(C6=C7C(=O)N(CC)C(c8ccc(-c9ccc(C(=O)O)cc9)s8)=C7C(=O)N6CC)s5)cc4C4CCCC43)cc2)c2ccc(OCCCCCC)cc2)cc1. The third kappa shape index (κ3) is 10.8. The van der Waals surface area contributed by atoms with Gasteiger partial charge < -0.3 is 29.3 Å². The first-order chi connectivity index (χ1) is 38.7. The first kappa shape index (κ1) is 53.5. The van der Waals surface area contributed by atoms with Crippen LogP contribution < -0.4 is 14.4 Å². The minimum Gasteiger partial charge on any atom is -0.494 e. The zero-order chi connectivity index (χ0) is 54.6. The largest absolute Gasteiger partial charge is 0.494 e. The molecular weight excluding hydrogens is 1020 g/mol. The lowest BCUT2D eigenvalue weighted by Crippen LogP contribution is -2.29. The highest BCUT2D eigenvalue weighted by atomic mass is 32.1. The standard InChI is InChI=1S/C68H69N3O6S2/c1-5-9-11-13-40-76-51-31-24-45(25-32-51)54(46-26-33-52(34-27-46)77-41-14-12-10-6-2)42-44-18-29-50(30-19-44)71-56-17-15-16-53(56)55-43-49(28-35-57(55)71)59-37-39-61(79-59)65-63-62(66(72)70(65)8-4)64(69(7-3)67(63)73)60-38-36-58(78-60)47-20-22-48(23-21-47)68(74)75/h18-39,42-43,53,56H,5-17,40-41H2,1-4H3,(H,74,75). The lowest BCUT2D eigenvalue weighted by Gasteiger charge is -2.27. The van der Waals surface area contributed by atoms with E-state index in [1.807, 2.05) is 26.0 Å². The van der Waals surface area contributed by atoms with Crippen LogP contribution in [0.25, 0.3) is 43.9 Å². The van der Waals surface area contributed by atoms with E-state index in [-0.39, 0.29) is 17.4 Å². The summed E-state index contributed by atoms with van der Waals surface area (Å²) in [7, 11) is 0. The van der Waals surface area contributed by atoms with Crippen molar-refractivity contribution in [3.05, 3.63) is 188 Å². The molecule has 404 valence electrons. The summed E-state index contributed by atoms with van der Waals surface area (Å²) in [5.41, 5.74) is 12.8. The highest BCUT2D eigenvalue weighted by molar-refractivity contribution is 7.17. The molecule has 9 nitrogen and oxygen atoms in total. The maximum atomic E-state index is 14.5. The number of aromatic carboxylic acids is 1. The highest BCUT2D eigenvalue weighted by Gasteiger charge is 2.49. The topological polar surface area (TPSA) is 99.6 Å². The van der Waals surface area contributed by atoms with E-state index >= 15 is 0 Å². The Morgan fingerprint density at radius 2 is 1.08 bits per heavy atom. The van der Waals surface area contributed by atoms with Crippen LogP contribution in [-0.2, 0) is 9.59 Å². The summed E-state index contributed by atoms with van der Waals surface area (Å²) in [5, 5.41) is 9.43. The lowest BCUT2D eigenvalue weighted by molar-refractivity contribution is -0.124. The van der Waals surface area contributed by atoms with Crippen LogP contribution >= 0.6 is 22.7 Å². The van der Waals surface area contributed by atoms with Gasteiger partial charge in [-0.1, -0.05) is 113 Å². The molecule has 3 aliphatic heterocycles. The van der Waals surface area contributed by atoms with Crippen molar-refractivity contribution in [3.63, 3.8) is 0 Å². The molecule has 0 saturated heterocycles. The zero-order valence-corrected chi connectivity index (χ0v) is 47.4. The summed E-state index contributed by atoms with van der Waals surface area (Å²) < 4.78 is 12.3. The molecule has 79 heavy (non-hydrogen) atoms. The number of carboxylic acids is 1. The van der Waals surface area contributed by atoms with Gasteiger partial charge in [-0.15, -0.1) is 22.7 Å². The molecule has 1 aliphatic carbocycles. The number of carboxylic acid groups (broad SMARTS) is 1. The number of anilines is 2. The Bertz CT molecular complexity index is 3400. The lowest BCUT2D eigenvalue weighted by atomic mass is 9.95. The number of nitrogens with zero attached hydrogens (tertiary/aromatic N) is 3. The molecule has 4 aliphatic rings. The van der Waals surface area contributed by atoms with Crippen molar-refractivity contribution >= 4 is 74.9 Å². The molecule has 1 fully saturated rings. The van der Waals surface area contributed by atoms with E-state index in [0.717, 1.165) is 103 Å². The van der Waals surface area contributed by atoms with Crippen molar-refractivity contribution in [2.75, 3.05) is 31.2 Å². The molecule has 0 spiro atoms. The Morgan fingerprint density at radius 3 is 1.59 bits per heavy atom. The summed E-state index contributed by atoms with van der Waals surface area (Å²) in [6.07, 6.45) is 15.2. The van der Waals surface area contributed by atoms with Gasteiger partial charge in [0.1, 0.15) is 11.5 Å². The Hall–Kier alpha value is -7.47. The van der Waals surface area contributed by atoms with E-state index in [0.29, 0.717) is 47.6 Å². The monoisotopic (exact) mass is 1090 g/mol. The molecule has 5 heterocycles. The summed E-state index contributed by atoms with van der Waals surface area (Å²) in [6, 6.07) is 48.4. The van der Waals surface area contributed by atoms with E-state index in [2.05, 4.69) is 128 Å². The number of ether oxygens (including phenoxy) is 2. The van der Waals surface area contributed by atoms with E-state index in [1.54, 1.807) is 45.4 Å². The quantitative estimate of drug-likeness (QED) is 0.0503. The molecule has 11 rings (SSSR count). The second-order valence-electron chi connectivity index (χ2n) is 21.0. The van der Waals surface area contributed by atoms with Gasteiger partial charge in [0.25, 0.3) is 11.8 Å². The first-order valence-corrected chi connectivity index (χ1v) is 30.2. The molecular formula is C68H69N3O6S2. The summed E-state index contributed by atoms with van der Waals surface area (Å²) in [5.74, 6) is 0.915. The number of thiophene rings is 2. The van der Waals surface area contributed by atoms with Gasteiger partial charge in [0.05, 0.1) is 51.1 Å². The molecule has 11 heteroatoms. The third-order valence-electron chi connectivity index (χ3n) is 16.0. The van der Waals surface area contributed by atoms with Gasteiger partial charge in [-0.2, -0.15) is 0 Å². The van der Waals surface area contributed by atoms with Crippen molar-refractivity contribution in [1.82, 2.24) is 9.80 Å². The second kappa shape index (κ2) is 23.9. The van der Waals surface area contributed by atoms with E-state index in [4.69, 9.17) is 9.47 Å². The van der Waals surface area contributed by atoms with Gasteiger partial charge in [-0.3, -0.25) is 9.59 Å². The number of fused-ring (bicyclic) bond motifs is 4. The van der Waals surface area contributed by atoms with Crippen molar-refractivity contribution in [3.8, 4) is 32.4 Å². The fourth-order valence-corrected chi connectivity index (χ4v) is 14.1. The molecule has 0 bridgehead atoms. The number of benzene rings is 5. The number of rotatable bonds is 23. The Balaban J connectivity index is 0.859. The molecule has 2 unspecified atom stereocenters. The van der Waals surface area contributed by atoms with Crippen molar-refractivity contribution in [2.24, 2.45) is 0 Å². The third-order valence-corrected chi connectivity index (χ3v) is 18.3. The van der Waals surface area contributed by atoms with E-state index in [1.165, 1.54) is 73.2 Å². The summed E-state index contributed by atoms with van der Waals surface area (Å²) >= 11 is 3.13. The number of likely N-dealkylation sites (N-methyl/N-ethyl adjacent to an activating group) is 2. The number of hydrogen-bond acceptors (Lipinski definition) is 8. The minimum absolute atomic E-state index is 0.162. The van der Waals surface area contributed by atoms with Gasteiger partial charge >= 0.3 is 5.97 Å². The Morgan fingerprint density at radius 1 is 0.570 bits per heavy atom. The number of amides is 2. The smallest absolute Gasteiger partial charge is 0.335 e. The summed E-state index contributed by atoms with van der Waals surface area (Å²) in [6.45, 7) is 10.7. The van der Waals surface area contributed by atoms with E-state index < -0.39 is 5.97 Å². The Labute approximate surface area is 473 Å². The molecule has 2 atom stereocenters. The van der Waals surface area contributed by atoms with Crippen molar-refractivity contribution in [1.29, 1.82) is 0 Å². The van der Waals surface area contributed by atoms with Crippen LogP contribution in [-0.4, -0.2) is 65.0 Å². The molecule has 2 amide bonds. The van der Waals surface area contributed by atoms with Crippen molar-refractivity contribution in [2.45, 2.75) is 110 Å². The predicted octanol–water partition coefficient (Wildman–Crippen LogP) is 17.0.